The Bertz CT molecular complexity index is 432. The van der Waals surface area contributed by atoms with E-state index in [-0.39, 0.29) is 18.6 Å². The molecule has 20 heavy (non-hydrogen) atoms. The van der Waals surface area contributed by atoms with Crippen LogP contribution in [0.3, 0.4) is 0 Å². The van der Waals surface area contributed by atoms with Crippen molar-refractivity contribution in [2.45, 2.75) is 19.4 Å². The Morgan fingerprint density at radius 3 is 2.85 bits per heavy atom. The Labute approximate surface area is 119 Å². The summed E-state index contributed by atoms with van der Waals surface area (Å²) in [6, 6.07) is 7.57. The fourth-order valence-corrected chi connectivity index (χ4v) is 2.21. The fourth-order valence-electron chi connectivity index (χ4n) is 2.21. The number of rotatable bonds is 5. The molecule has 1 aliphatic rings. The molecule has 0 bridgehead atoms. The highest BCUT2D eigenvalue weighted by molar-refractivity contribution is 5.79. The molecular formula is C15H21NO4. The Morgan fingerprint density at radius 1 is 1.45 bits per heavy atom. The Balaban J connectivity index is 1.90. The Kier molecular flexibility index (Phi) is 5.38. The summed E-state index contributed by atoms with van der Waals surface area (Å²) >= 11 is 0. The van der Waals surface area contributed by atoms with Crippen molar-refractivity contribution in [1.29, 1.82) is 0 Å². The largest absolute Gasteiger partial charge is 0.494 e. The van der Waals surface area contributed by atoms with Gasteiger partial charge in [-0.25, -0.2) is 0 Å². The summed E-state index contributed by atoms with van der Waals surface area (Å²) in [5.41, 5.74) is 0.963. The van der Waals surface area contributed by atoms with Crippen molar-refractivity contribution < 1.29 is 19.4 Å². The molecule has 1 heterocycles. The molecule has 1 atom stereocenters. The van der Waals surface area contributed by atoms with Gasteiger partial charge in [-0.15, -0.1) is 0 Å². The van der Waals surface area contributed by atoms with E-state index in [2.05, 4.69) is 0 Å². The van der Waals surface area contributed by atoms with Crippen LogP contribution in [-0.2, 0) is 16.0 Å². The maximum atomic E-state index is 12.2. The Morgan fingerprint density at radius 2 is 2.20 bits per heavy atom. The molecule has 1 fully saturated rings. The van der Waals surface area contributed by atoms with E-state index in [1.54, 1.807) is 4.90 Å². The number of carbonyl (C=O) groups excluding carboxylic acids is 1. The first kappa shape index (κ1) is 14.8. The zero-order valence-corrected chi connectivity index (χ0v) is 11.7. The molecule has 5 nitrogen and oxygen atoms in total. The molecule has 2 rings (SSSR count). The van der Waals surface area contributed by atoms with Crippen LogP contribution in [0.25, 0.3) is 0 Å². The quantitative estimate of drug-likeness (QED) is 0.868. The van der Waals surface area contributed by atoms with Crippen molar-refractivity contribution in [3.63, 3.8) is 0 Å². The minimum Gasteiger partial charge on any atom is -0.494 e. The summed E-state index contributed by atoms with van der Waals surface area (Å²) in [4.78, 5) is 13.9. The molecule has 1 aromatic rings. The van der Waals surface area contributed by atoms with Crippen molar-refractivity contribution in [3.05, 3.63) is 29.8 Å². The average Bonchev–Trinajstić information content (AvgIpc) is 2.49. The van der Waals surface area contributed by atoms with Crippen LogP contribution >= 0.6 is 0 Å². The molecular weight excluding hydrogens is 258 g/mol. The fraction of sp³-hybridized carbons (Fsp3) is 0.533. The second kappa shape index (κ2) is 7.26. The number of nitrogens with zero attached hydrogens (tertiary/aromatic N) is 1. The van der Waals surface area contributed by atoms with E-state index in [4.69, 9.17) is 14.6 Å². The maximum absolute atomic E-state index is 12.2. The number of hydrogen-bond acceptors (Lipinski definition) is 4. The molecule has 0 radical (unpaired) electrons. The highest BCUT2D eigenvalue weighted by Gasteiger charge is 2.23. The first-order valence-corrected chi connectivity index (χ1v) is 6.95. The van der Waals surface area contributed by atoms with Gasteiger partial charge in [-0.05, 0) is 24.6 Å². The monoisotopic (exact) mass is 279 g/mol. The smallest absolute Gasteiger partial charge is 0.227 e. The van der Waals surface area contributed by atoms with Gasteiger partial charge in [0.2, 0.25) is 5.91 Å². The molecule has 0 saturated carbocycles. The van der Waals surface area contributed by atoms with Gasteiger partial charge in [0.15, 0.2) is 0 Å². The second-order valence-corrected chi connectivity index (χ2v) is 4.77. The lowest BCUT2D eigenvalue weighted by Crippen LogP contribution is -2.47. The van der Waals surface area contributed by atoms with Gasteiger partial charge in [0.1, 0.15) is 5.75 Å². The minimum absolute atomic E-state index is 0.0488. The second-order valence-electron chi connectivity index (χ2n) is 4.77. The first-order chi connectivity index (χ1) is 9.72. The molecule has 1 unspecified atom stereocenters. The van der Waals surface area contributed by atoms with E-state index in [1.807, 2.05) is 31.2 Å². The van der Waals surface area contributed by atoms with Gasteiger partial charge < -0.3 is 19.5 Å². The predicted octanol–water partition coefficient (Wildman–Crippen LogP) is 0.847. The SMILES string of the molecule is CCOc1ccc(CC(=O)N2CCOC(CO)C2)cc1. The number of ether oxygens (including phenoxy) is 2. The van der Waals surface area contributed by atoms with E-state index in [1.165, 1.54) is 0 Å². The summed E-state index contributed by atoms with van der Waals surface area (Å²) in [5.74, 6) is 0.881. The van der Waals surface area contributed by atoms with Gasteiger partial charge >= 0.3 is 0 Å². The van der Waals surface area contributed by atoms with Crippen LogP contribution in [0, 0.1) is 0 Å². The molecule has 1 N–H and O–H groups in total. The standard InChI is InChI=1S/C15H21NO4/c1-2-19-13-5-3-12(4-6-13)9-15(18)16-7-8-20-14(10-16)11-17/h3-6,14,17H,2,7-11H2,1H3. The van der Waals surface area contributed by atoms with Crippen LogP contribution in [0.5, 0.6) is 5.75 Å². The molecule has 0 aromatic heterocycles. The third-order valence-electron chi connectivity index (χ3n) is 3.28. The van der Waals surface area contributed by atoms with Gasteiger partial charge in [0, 0.05) is 13.1 Å². The molecule has 1 aromatic carbocycles. The number of benzene rings is 1. The van der Waals surface area contributed by atoms with Crippen LogP contribution in [0.2, 0.25) is 0 Å². The number of aliphatic hydroxyl groups is 1. The van der Waals surface area contributed by atoms with Crippen LogP contribution in [0.1, 0.15) is 12.5 Å². The van der Waals surface area contributed by atoms with Gasteiger partial charge in [0.05, 0.1) is 32.3 Å². The number of morpholine rings is 1. The molecule has 1 aliphatic heterocycles. The zero-order valence-electron chi connectivity index (χ0n) is 11.7. The number of hydrogen-bond donors (Lipinski definition) is 1. The third kappa shape index (κ3) is 3.95. The summed E-state index contributed by atoms with van der Waals surface area (Å²) < 4.78 is 10.7. The van der Waals surface area contributed by atoms with E-state index in [9.17, 15) is 4.79 Å². The van der Waals surface area contributed by atoms with Crippen molar-refractivity contribution in [1.82, 2.24) is 4.90 Å². The molecule has 110 valence electrons. The van der Waals surface area contributed by atoms with Crippen LogP contribution in [-0.4, -0.2) is 54.9 Å². The van der Waals surface area contributed by atoms with Gasteiger partial charge in [0.25, 0.3) is 0 Å². The van der Waals surface area contributed by atoms with Crippen molar-refractivity contribution >= 4 is 5.91 Å². The molecule has 0 spiro atoms. The van der Waals surface area contributed by atoms with Gasteiger partial charge in [-0.2, -0.15) is 0 Å². The third-order valence-corrected chi connectivity index (χ3v) is 3.28. The van der Waals surface area contributed by atoms with Crippen molar-refractivity contribution in [2.24, 2.45) is 0 Å². The molecule has 1 amide bonds. The van der Waals surface area contributed by atoms with E-state index in [0.717, 1.165) is 11.3 Å². The maximum Gasteiger partial charge on any atom is 0.227 e. The lowest BCUT2D eigenvalue weighted by Gasteiger charge is -2.32. The van der Waals surface area contributed by atoms with E-state index < -0.39 is 0 Å². The average molecular weight is 279 g/mol. The highest BCUT2D eigenvalue weighted by Crippen LogP contribution is 2.14. The molecule has 5 heteroatoms. The van der Waals surface area contributed by atoms with E-state index >= 15 is 0 Å². The van der Waals surface area contributed by atoms with Gasteiger partial charge in [-0.1, -0.05) is 12.1 Å². The Hall–Kier alpha value is -1.59. The van der Waals surface area contributed by atoms with Crippen molar-refractivity contribution in [3.8, 4) is 5.75 Å². The van der Waals surface area contributed by atoms with Crippen LogP contribution in [0.4, 0.5) is 0 Å². The summed E-state index contributed by atoms with van der Waals surface area (Å²) in [5, 5.41) is 9.08. The number of amides is 1. The zero-order chi connectivity index (χ0) is 14.4. The topological polar surface area (TPSA) is 59.0 Å². The highest BCUT2D eigenvalue weighted by atomic mass is 16.5. The van der Waals surface area contributed by atoms with Gasteiger partial charge in [-0.3, -0.25) is 4.79 Å². The number of carbonyl (C=O) groups is 1. The predicted molar refractivity (Wildman–Crippen MR) is 74.7 cm³/mol. The lowest BCUT2D eigenvalue weighted by atomic mass is 10.1. The van der Waals surface area contributed by atoms with Crippen LogP contribution in [0.15, 0.2) is 24.3 Å². The van der Waals surface area contributed by atoms with E-state index in [0.29, 0.717) is 32.7 Å². The first-order valence-electron chi connectivity index (χ1n) is 6.95. The van der Waals surface area contributed by atoms with Crippen LogP contribution < -0.4 is 4.74 Å². The summed E-state index contributed by atoms with van der Waals surface area (Å²) in [7, 11) is 0. The minimum atomic E-state index is -0.256. The summed E-state index contributed by atoms with van der Waals surface area (Å²) in [6.07, 6.45) is 0.109. The normalized spacial score (nSPS) is 18.9. The molecule has 1 saturated heterocycles. The van der Waals surface area contributed by atoms with Crippen molar-refractivity contribution in [2.75, 3.05) is 32.9 Å². The lowest BCUT2D eigenvalue weighted by molar-refractivity contribution is -0.139. The summed E-state index contributed by atoms with van der Waals surface area (Å²) in [6.45, 7) is 4.06. The number of aliphatic hydroxyl groups excluding tert-OH is 1. The molecule has 0 aliphatic carbocycles.